The van der Waals surface area contributed by atoms with Crippen LogP contribution in [0.2, 0.25) is 0 Å². The van der Waals surface area contributed by atoms with Crippen molar-refractivity contribution in [1.82, 2.24) is 4.90 Å². The summed E-state index contributed by atoms with van der Waals surface area (Å²) in [4.78, 5) is 14.8. The van der Waals surface area contributed by atoms with Crippen LogP contribution in [0.5, 0.6) is 0 Å². The van der Waals surface area contributed by atoms with Crippen LogP contribution >= 0.6 is 15.9 Å². The molecule has 0 atom stereocenters. The molecule has 5 nitrogen and oxygen atoms in total. The van der Waals surface area contributed by atoms with Crippen LogP contribution in [0, 0.1) is 6.92 Å². The normalized spacial score (nSPS) is 14.8. The average Bonchev–Trinajstić information content (AvgIpc) is 3.21. The maximum absolute atomic E-state index is 13.4. The van der Waals surface area contributed by atoms with Gasteiger partial charge in [0.05, 0.1) is 10.6 Å². The zero-order valence-corrected chi connectivity index (χ0v) is 18.5. The number of carbonyl (C=O) groups excluding carboxylic acids is 1. The molecule has 28 heavy (non-hydrogen) atoms. The Hall–Kier alpha value is -1.86. The molecule has 1 amide bonds. The largest absolute Gasteiger partial charge is 0.341 e. The van der Waals surface area contributed by atoms with Crippen LogP contribution in [0.4, 0.5) is 5.69 Å². The number of hydrogen-bond donors (Lipinski definition) is 0. The van der Waals surface area contributed by atoms with Gasteiger partial charge in [-0.2, -0.15) is 0 Å². The zero-order chi connectivity index (χ0) is 20.3. The van der Waals surface area contributed by atoms with Gasteiger partial charge in [0, 0.05) is 17.6 Å². The van der Waals surface area contributed by atoms with E-state index in [0.717, 1.165) is 35.7 Å². The Morgan fingerprint density at radius 1 is 1.04 bits per heavy atom. The lowest BCUT2D eigenvalue weighted by molar-refractivity contribution is -0.130. The predicted octanol–water partition coefficient (Wildman–Crippen LogP) is 4.35. The van der Waals surface area contributed by atoms with Crippen molar-refractivity contribution < 1.29 is 13.2 Å². The summed E-state index contributed by atoms with van der Waals surface area (Å²) >= 11 is 3.37. The van der Waals surface area contributed by atoms with Gasteiger partial charge in [0.2, 0.25) is 5.91 Å². The smallest absolute Gasteiger partial charge is 0.264 e. The molecule has 3 rings (SSSR count). The number of hydrogen-bond acceptors (Lipinski definition) is 3. The Balaban J connectivity index is 1.94. The number of anilines is 1. The second kappa shape index (κ2) is 8.66. The number of carbonyl (C=O) groups is 1. The maximum Gasteiger partial charge on any atom is 0.264 e. The molecule has 0 N–H and O–H groups in total. The van der Waals surface area contributed by atoms with E-state index < -0.39 is 10.0 Å². The first kappa shape index (κ1) is 20.9. The third-order valence-corrected chi connectivity index (χ3v) is 7.59. The minimum Gasteiger partial charge on any atom is -0.341 e. The number of aryl methyl sites for hydroxylation is 1. The molecule has 2 aromatic rings. The van der Waals surface area contributed by atoms with E-state index in [-0.39, 0.29) is 23.4 Å². The number of halogens is 1. The van der Waals surface area contributed by atoms with Crippen molar-refractivity contribution in [3.63, 3.8) is 0 Å². The standard InChI is InChI=1S/C21H25BrN2O3S/c1-16-7-13-20(14-8-16)28(26,27)24(19-11-9-17(22)10-12-19)15-21(25)23(2)18-5-3-4-6-18/h7-14,18H,3-6,15H2,1-2H3. The van der Waals surface area contributed by atoms with E-state index in [1.807, 2.05) is 6.92 Å². The number of sulfonamides is 1. The number of benzene rings is 2. The first-order chi connectivity index (χ1) is 13.3. The Morgan fingerprint density at radius 2 is 1.61 bits per heavy atom. The monoisotopic (exact) mass is 464 g/mol. The lowest BCUT2D eigenvalue weighted by Crippen LogP contribution is -2.44. The predicted molar refractivity (Wildman–Crippen MR) is 115 cm³/mol. The average molecular weight is 465 g/mol. The summed E-state index contributed by atoms with van der Waals surface area (Å²) < 4.78 is 28.8. The lowest BCUT2D eigenvalue weighted by Gasteiger charge is -2.29. The maximum atomic E-state index is 13.4. The Kier molecular flexibility index (Phi) is 6.45. The van der Waals surface area contributed by atoms with Crippen LogP contribution in [0.25, 0.3) is 0 Å². The number of rotatable bonds is 6. The van der Waals surface area contributed by atoms with Gasteiger partial charge >= 0.3 is 0 Å². The fraction of sp³-hybridized carbons (Fsp3) is 0.381. The molecule has 1 aliphatic carbocycles. The van der Waals surface area contributed by atoms with Crippen LogP contribution in [0.1, 0.15) is 31.2 Å². The van der Waals surface area contributed by atoms with Gasteiger partial charge in [0.1, 0.15) is 6.54 Å². The van der Waals surface area contributed by atoms with Crippen molar-refractivity contribution >= 4 is 37.5 Å². The number of amides is 1. The van der Waals surface area contributed by atoms with Crippen molar-refractivity contribution in [2.45, 2.75) is 43.5 Å². The molecule has 0 spiro atoms. The van der Waals surface area contributed by atoms with Gasteiger partial charge in [-0.1, -0.05) is 46.5 Å². The van der Waals surface area contributed by atoms with Crippen LogP contribution < -0.4 is 4.31 Å². The van der Waals surface area contributed by atoms with Crippen molar-refractivity contribution in [1.29, 1.82) is 0 Å². The van der Waals surface area contributed by atoms with Crippen molar-refractivity contribution in [2.75, 3.05) is 17.9 Å². The van der Waals surface area contributed by atoms with Crippen LogP contribution in [0.3, 0.4) is 0 Å². The molecule has 0 aliphatic heterocycles. The molecule has 150 valence electrons. The third-order valence-electron chi connectivity index (χ3n) is 5.27. The second-order valence-corrected chi connectivity index (χ2v) is 10.0. The summed E-state index contributed by atoms with van der Waals surface area (Å²) in [5, 5.41) is 0. The van der Waals surface area contributed by atoms with Gasteiger partial charge in [-0.15, -0.1) is 0 Å². The SMILES string of the molecule is Cc1ccc(S(=O)(=O)N(CC(=O)N(C)C2CCCC2)c2ccc(Br)cc2)cc1. The molecule has 2 aromatic carbocycles. The van der Waals surface area contributed by atoms with Crippen molar-refractivity contribution in [3.05, 3.63) is 58.6 Å². The van der Waals surface area contributed by atoms with Gasteiger partial charge in [0.25, 0.3) is 10.0 Å². The third kappa shape index (κ3) is 4.58. The first-order valence-corrected chi connectivity index (χ1v) is 11.6. The molecule has 7 heteroatoms. The quantitative estimate of drug-likeness (QED) is 0.637. The molecule has 0 unspecified atom stereocenters. The van der Waals surface area contributed by atoms with E-state index in [2.05, 4.69) is 15.9 Å². The Labute approximate surface area is 175 Å². The van der Waals surface area contributed by atoms with Gasteiger partial charge in [-0.05, 0) is 56.2 Å². The van der Waals surface area contributed by atoms with E-state index in [0.29, 0.717) is 5.69 Å². The summed E-state index contributed by atoms with van der Waals surface area (Å²) in [6, 6.07) is 13.9. The van der Waals surface area contributed by atoms with Gasteiger partial charge in [-0.3, -0.25) is 9.10 Å². The Morgan fingerprint density at radius 3 is 2.18 bits per heavy atom. The van der Waals surface area contributed by atoms with E-state index in [1.165, 1.54) is 4.31 Å². The molecular weight excluding hydrogens is 440 g/mol. The zero-order valence-electron chi connectivity index (χ0n) is 16.1. The van der Waals surface area contributed by atoms with E-state index in [4.69, 9.17) is 0 Å². The highest BCUT2D eigenvalue weighted by atomic mass is 79.9. The van der Waals surface area contributed by atoms with E-state index >= 15 is 0 Å². The molecule has 0 heterocycles. The van der Waals surface area contributed by atoms with Crippen LogP contribution in [-0.2, 0) is 14.8 Å². The van der Waals surface area contributed by atoms with Crippen LogP contribution in [-0.4, -0.2) is 38.9 Å². The van der Waals surface area contributed by atoms with Crippen molar-refractivity contribution in [2.24, 2.45) is 0 Å². The van der Waals surface area contributed by atoms with E-state index in [1.54, 1.807) is 60.5 Å². The van der Waals surface area contributed by atoms with Crippen molar-refractivity contribution in [3.8, 4) is 0 Å². The summed E-state index contributed by atoms with van der Waals surface area (Å²) in [5.41, 5.74) is 1.45. The molecule has 1 fully saturated rings. The molecule has 0 bridgehead atoms. The lowest BCUT2D eigenvalue weighted by atomic mass is 10.2. The summed E-state index contributed by atoms with van der Waals surface area (Å²) in [6.45, 7) is 1.69. The van der Waals surface area contributed by atoms with Gasteiger partial charge in [0.15, 0.2) is 0 Å². The first-order valence-electron chi connectivity index (χ1n) is 9.39. The fourth-order valence-electron chi connectivity index (χ4n) is 3.49. The topological polar surface area (TPSA) is 57.7 Å². The summed E-state index contributed by atoms with van der Waals surface area (Å²) in [6.07, 6.45) is 4.18. The highest BCUT2D eigenvalue weighted by molar-refractivity contribution is 9.10. The highest BCUT2D eigenvalue weighted by Gasteiger charge is 2.30. The molecule has 0 aromatic heterocycles. The Bertz CT molecular complexity index is 921. The number of likely N-dealkylation sites (N-methyl/N-ethyl adjacent to an activating group) is 1. The molecular formula is C21H25BrN2O3S. The highest BCUT2D eigenvalue weighted by Crippen LogP contribution is 2.27. The summed E-state index contributed by atoms with van der Waals surface area (Å²) in [5.74, 6) is -0.189. The fourth-order valence-corrected chi connectivity index (χ4v) is 5.17. The minimum atomic E-state index is -3.87. The van der Waals surface area contributed by atoms with Gasteiger partial charge < -0.3 is 4.90 Å². The second-order valence-electron chi connectivity index (χ2n) is 7.24. The molecule has 1 saturated carbocycles. The van der Waals surface area contributed by atoms with Gasteiger partial charge in [-0.25, -0.2) is 8.42 Å². The summed E-state index contributed by atoms with van der Waals surface area (Å²) in [7, 11) is -2.09. The molecule has 0 saturated heterocycles. The number of nitrogens with zero attached hydrogens (tertiary/aromatic N) is 2. The van der Waals surface area contributed by atoms with Crippen LogP contribution in [0.15, 0.2) is 57.9 Å². The minimum absolute atomic E-state index is 0.178. The molecule has 0 radical (unpaired) electrons. The van der Waals surface area contributed by atoms with E-state index in [9.17, 15) is 13.2 Å². The molecule has 1 aliphatic rings.